The van der Waals surface area contributed by atoms with E-state index in [0.717, 1.165) is 25.9 Å². The quantitative estimate of drug-likeness (QED) is 0.589. The molecule has 2 N–H and O–H groups in total. The Morgan fingerprint density at radius 3 is 3.00 bits per heavy atom. The second-order valence-electron chi connectivity index (χ2n) is 2.81. The fraction of sp³-hybridized carbons (Fsp3) is 1.00. The van der Waals surface area contributed by atoms with Gasteiger partial charge in [-0.15, -0.1) is 0 Å². The van der Waals surface area contributed by atoms with Crippen LogP contribution in [0.4, 0.5) is 4.39 Å². The number of alkyl halides is 1. The van der Waals surface area contributed by atoms with Crippen LogP contribution in [0.3, 0.4) is 0 Å². The van der Waals surface area contributed by atoms with Crippen LogP contribution in [0, 0.1) is 5.92 Å². The highest BCUT2D eigenvalue weighted by Gasteiger charge is 2.21. The van der Waals surface area contributed by atoms with Crippen molar-refractivity contribution in [2.24, 2.45) is 5.92 Å². The van der Waals surface area contributed by atoms with Crippen molar-refractivity contribution < 1.29 is 9.50 Å². The first kappa shape index (κ1) is 7.95. The molecule has 0 aromatic rings. The maximum Gasteiger partial charge on any atom is 0.127 e. The maximum atomic E-state index is 12.7. The van der Waals surface area contributed by atoms with Crippen LogP contribution in [-0.2, 0) is 0 Å². The first-order valence-electron chi connectivity index (χ1n) is 3.80. The van der Waals surface area contributed by atoms with Crippen molar-refractivity contribution in [3.05, 3.63) is 0 Å². The second kappa shape index (κ2) is 3.88. The molecule has 60 valence electrons. The molecule has 2 atom stereocenters. The zero-order valence-electron chi connectivity index (χ0n) is 6.02. The summed E-state index contributed by atoms with van der Waals surface area (Å²) in [5, 5.41) is 11.6. The Labute approximate surface area is 60.4 Å². The van der Waals surface area contributed by atoms with E-state index in [4.69, 9.17) is 5.11 Å². The first-order valence-corrected chi connectivity index (χ1v) is 3.80. The highest BCUT2D eigenvalue weighted by Crippen LogP contribution is 2.16. The summed E-state index contributed by atoms with van der Waals surface area (Å²) >= 11 is 0. The Kier molecular flexibility index (Phi) is 3.09. The Balaban J connectivity index is 2.24. The Bertz CT molecular complexity index is 93.6. The molecule has 1 rings (SSSR count). The average molecular weight is 147 g/mol. The smallest absolute Gasteiger partial charge is 0.127 e. The third-order valence-electron chi connectivity index (χ3n) is 2.02. The average Bonchev–Trinajstić information content (AvgIpc) is 2.05. The van der Waals surface area contributed by atoms with E-state index in [-0.39, 0.29) is 12.5 Å². The van der Waals surface area contributed by atoms with E-state index in [2.05, 4.69) is 5.32 Å². The highest BCUT2D eigenvalue weighted by atomic mass is 19.1. The van der Waals surface area contributed by atoms with Crippen molar-refractivity contribution in [3.8, 4) is 0 Å². The molecule has 1 saturated heterocycles. The van der Waals surface area contributed by atoms with Gasteiger partial charge in [0.05, 0.1) is 6.61 Å². The van der Waals surface area contributed by atoms with Crippen molar-refractivity contribution >= 4 is 0 Å². The van der Waals surface area contributed by atoms with Gasteiger partial charge in [-0.3, -0.25) is 0 Å². The minimum absolute atomic E-state index is 0.0405. The number of rotatable bonds is 2. The lowest BCUT2D eigenvalue weighted by molar-refractivity contribution is 0.111. The SMILES string of the molecule is OCC(F)C1CCCNC1. The van der Waals surface area contributed by atoms with Crippen LogP contribution in [0.25, 0.3) is 0 Å². The number of aliphatic hydroxyl groups excluding tert-OH is 1. The standard InChI is InChI=1S/C7H14FNO/c8-7(5-10)6-2-1-3-9-4-6/h6-7,9-10H,1-5H2. The van der Waals surface area contributed by atoms with E-state index in [1.54, 1.807) is 0 Å². The van der Waals surface area contributed by atoms with Crippen LogP contribution in [0.15, 0.2) is 0 Å². The highest BCUT2D eigenvalue weighted by molar-refractivity contribution is 4.75. The number of nitrogens with one attached hydrogen (secondary N) is 1. The van der Waals surface area contributed by atoms with Crippen molar-refractivity contribution in [2.75, 3.05) is 19.7 Å². The van der Waals surface area contributed by atoms with Gasteiger partial charge in [0.25, 0.3) is 0 Å². The van der Waals surface area contributed by atoms with Gasteiger partial charge in [-0.05, 0) is 19.4 Å². The molecular weight excluding hydrogens is 133 g/mol. The van der Waals surface area contributed by atoms with Crippen molar-refractivity contribution in [1.82, 2.24) is 5.32 Å². The predicted octanol–water partition coefficient (Wildman–Crippen LogP) is 0.316. The summed E-state index contributed by atoms with van der Waals surface area (Å²) in [6.45, 7) is 1.39. The molecule has 2 unspecified atom stereocenters. The van der Waals surface area contributed by atoms with E-state index in [1.165, 1.54) is 0 Å². The fourth-order valence-corrected chi connectivity index (χ4v) is 1.34. The van der Waals surface area contributed by atoms with Gasteiger partial charge >= 0.3 is 0 Å². The molecule has 1 heterocycles. The number of piperidine rings is 1. The summed E-state index contributed by atoms with van der Waals surface area (Å²) in [6.07, 6.45) is 0.924. The van der Waals surface area contributed by atoms with E-state index < -0.39 is 6.17 Å². The van der Waals surface area contributed by atoms with Crippen LogP contribution in [0.5, 0.6) is 0 Å². The summed E-state index contributed by atoms with van der Waals surface area (Å²) in [6, 6.07) is 0. The third kappa shape index (κ3) is 1.92. The monoisotopic (exact) mass is 147 g/mol. The molecule has 0 radical (unpaired) electrons. The molecule has 1 aliphatic rings. The molecule has 0 aromatic carbocycles. The molecule has 0 spiro atoms. The van der Waals surface area contributed by atoms with Crippen molar-refractivity contribution in [1.29, 1.82) is 0 Å². The lowest BCUT2D eigenvalue weighted by atomic mass is 9.95. The molecule has 0 bridgehead atoms. The van der Waals surface area contributed by atoms with Gasteiger partial charge in [0, 0.05) is 12.5 Å². The van der Waals surface area contributed by atoms with E-state index in [1.807, 2.05) is 0 Å². The topological polar surface area (TPSA) is 32.3 Å². The van der Waals surface area contributed by atoms with Gasteiger partial charge in [-0.2, -0.15) is 0 Å². The minimum atomic E-state index is -1.02. The zero-order chi connectivity index (χ0) is 7.40. The van der Waals surface area contributed by atoms with Gasteiger partial charge in [-0.1, -0.05) is 0 Å². The van der Waals surface area contributed by atoms with Crippen LogP contribution >= 0.6 is 0 Å². The van der Waals surface area contributed by atoms with Crippen LogP contribution in [0.2, 0.25) is 0 Å². The largest absolute Gasteiger partial charge is 0.393 e. The van der Waals surface area contributed by atoms with Crippen LogP contribution in [-0.4, -0.2) is 31.0 Å². The number of hydrogen-bond acceptors (Lipinski definition) is 2. The van der Waals surface area contributed by atoms with Crippen LogP contribution in [0.1, 0.15) is 12.8 Å². The lowest BCUT2D eigenvalue weighted by Gasteiger charge is -2.24. The predicted molar refractivity (Wildman–Crippen MR) is 37.6 cm³/mol. The molecule has 0 aliphatic carbocycles. The summed E-state index contributed by atoms with van der Waals surface area (Å²) < 4.78 is 12.7. The van der Waals surface area contributed by atoms with Crippen molar-refractivity contribution in [2.45, 2.75) is 19.0 Å². The first-order chi connectivity index (χ1) is 4.84. The zero-order valence-corrected chi connectivity index (χ0v) is 6.02. The molecule has 0 amide bonds. The van der Waals surface area contributed by atoms with Gasteiger partial charge in [0.1, 0.15) is 6.17 Å². The summed E-state index contributed by atoms with van der Waals surface area (Å²) in [7, 11) is 0. The van der Waals surface area contributed by atoms with E-state index >= 15 is 0 Å². The molecule has 1 fully saturated rings. The number of aliphatic hydroxyl groups is 1. The summed E-state index contributed by atoms with van der Waals surface area (Å²) in [5.74, 6) is 0.0405. The lowest BCUT2D eigenvalue weighted by Crippen LogP contribution is -2.36. The molecule has 2 nitrogen and oxygen atoms in total. The number of hydrogen-bond donors (Lipinski definition) is 2. The molecule has 1 aliphatic heterocycles. The van der Waals surface area contributed by atoms with Crippen LogP contribution < -0.4 is 5.32 Å². The van der Waals surface area contributed by atoms with Gasteiger partial charge in [0.15, 0.2) is 0 Å². The molecule has 10 heavy (non-hydrogen) atoms. The number of halogens is 1. The Hall–Kier alpha value is -0.150. The Morgan fingerprint density at radius 1 is 1.70 bits per heavy atom. The summed E-state index contributed by atoms with van der Waals surface area (Å²) in [4.78, 5) is 0. The molecule has 3 heteroatoms. The fourth-order valence-electron chi connectivity index (χ4n) is 1.34. The van der Waals surface area contributed by atoms with Gasteiger partial charge < -0.3 is 10.4 Å². The van der Waals surface area contributed by atoms with Gasteiger partial charge in [-0.25, -0.2) is 4.39 Å². The second-order valence-corrected chi connectivity index (χ2v) is 2.81. The Morgan fingerprint density at radius 2 is 2.50 bits per heavy atom. The van der Waals surface area contributed by atoms with Crippen molar-refractivity contribution in [3.63, 3.8) is 0 Å². The summed E-state index contributed by atoms with van der Waals surface area (Å²) in [5.41, 5.74) is 0. The minimum Gasteiger partial charge on any atom is -0.393 e. The maximum absolute atomic E-state index is 12.7. The van der Waals surface area contributed by atoms with E-state index in [9.17, 15) is 4.39 Å². The molecule has 0 aromatic heterocycles. The van der Waals surface area contributed by atoms with Gasteiger partial charge in [0.2, 0.25) is 0 Å². The normalized spacial score (nSPS) is 30.0. The van der Waals surface area contributed by atoms with E-state index in [0.29, 0.717) is 0 Å². The molecule has 0 saturated carbocycles. The third-order valence-corrected chi connectivity index (χ3v) is 2.02. The molecular formula is C7H14FNO.